The smallest absolute Gasteiger partial charge is 0.222 e. The first-order valence-corrected chi connectivity index (χ1v) is 5.83. The van der Waals surface area contributed by atoms with Gasteiger partial charge in [-0.1, -0.05) is 35.3 Å². The number of nitrogens with one attached hydrogen (secondary N) is 1. The van der Waals surface area contributed by atoms with E-state index >= 15 is 0 Å². The SMILES string of the molecule is Nc1nc(-c2cccc(Cl)c2Cl)c2[nH]cnc2n1. The molecule has 0 atom stereocenters. The van der Waals surface area contributed by atoms with Crippen molar-refractivity contribution in [1.29, 1.82) is 0 Å². The monoisotopic (exact) mass is 279 g/mol. The summed E-state index contributed by atoms with van der Waals surface area (Å²) in [5, 5.41) is 0.882. The summed E-state index contributed by atoms with van der Waals surface area (Å²) >= 11 is 12.2. The second kappa shape index (κ2) is 4.12. The first kappa shape index (κ1) is 11.3. The van der Waals surface area contributed by atoms with Crippen LogP contribution < -0.4 is 5.73 Å². The Labute approximate surface area is 112 Å². The van der Waals surface area contributed by atoms with E-state index in [1.54, 1.807) is 12.1 Å². The number of nitrogens with two attached hydrogens (primary N) is 1. The molecule has 0 aliphatic carbocycles. The molecule has 0 radical (unpaired) electrons. The van der Waals surface area contributed by atoms with Crippen LogP contribution in [0.5, 0.6) is 0 Å². The van der Waals surface area contributed by atoms with Crippen molar-refractivity contribution in [3.05, 3.63) is 34.6 Å². The van der Waals surface area contributed by atoms with Crippen LogP contribution in [0.25, 0.3) is 22.4 Å². The average molecular weight is 280 g/mol. The van der Waals surface area contributed by atoms with E-state index in [9.17, 15) is 0 Å². The van der Waals surface area contributed by atoms with Gasteiger partial charge in [-0.05, 0) is 6.07 Å². The zero-order chi connectivity index (χ0) is 12.7. The lowest BCUT2D eigenvalue weighted by Gasteiger charge is -2.06. The molecule has 0 spiro atoms. The van der Waals surface area contributed by atoms with Crippen molar-refractivity contribution >= 4 is 40.3 Å². The Morgan fingerprint density at radius 1 is 1.17 bits per heavy atom. The second-order valence-electron chi connectivity index (χ2n) is 3.63. The first-order chi connectivity index (χ1) is 8.66. The molecule has 1 aromatic carbocycles. The summed E-state index contributed by atoms with van der Waals surface area (Å²) in [6.45, 7) is 0. The Morgan fingerprint density at radius 3 is 2.83 bits per heavy atom. The fourth-order valence-corrected chi connectivity index (χ4v) is 2.12. The van der Waals surface area contributed by atoms with Gasteiger partial charge >= 0.3 is 0 Å². The standard InChI is InChI=1S/C11H7Cl2N5/c12-6-3-1-2-5(7(6)13)8-9-10(16-4-15-9)18-11(14)17-8/h1-4H,(H3,14,15,16,17,18). The van der Waals surface area contributed by atoms with Gasteiger partial charge in [0.1, 0.15) is 11.2 Å². The van der Waals surface area contributed by atoms with Crippen molar-refractivity contribution in [2.24, 2.45) is 0 Å². The maximum absolute atomic E-state index is 6.18. The molecule has 0 fully saturated rings. The molecule has 0 saturated heterocycles. The number of nitrogen functional groups attached to an aromatic ring is 1. The molecule has 0 aliphatic heterocycles. The lowest BCUT2D eigenvalue weighted by Crippen LogP contribution is -1.98. The Morgan fingerprint density at radius 2 is 2.00 bits per heavy atom. The number of imidazole rings is 1. The van der Waals surface area contributed by atoms with Gasteiger partial charge in [0, 0.05) is 5.56 Å². The van der Waals surface area contributed by atoms with Crippen molar-refractivity contribution in [2.45, 2.75) is 0 Å². The van der Waals surface area contributed by atoms with Gasteiger partial charge in [0.25, 0.3) is 0 Å². The molecule has 3 N–H and O–H groups in total. The molecule has 0 amide bonds. The van der Waals surface area contributed by atoms with Crippen LogP contribution in [0.4, 0.5) is 5.95 Å². The van der Waals surface area contributed by atoms with E-state index in [0.29, 0.717) is 32.5 Å². The maximum atomic E-state index is 6.18. The maximum Gasteiger partial charge on any atom is 0.222 e. The van der Waals surface area contributed by atoms with E-state index in [2.05, 4.69) is 19.9 Å². The van der Waals surface area contributed by atoms with Crippen LogP contribution >= 0.6 is 23.2 Å². The largest absolute Gasteiger partial charge is 0.368 e. The zero-order valence-electron chi connectivity index (χ0n) is 8.98. The van der Waals surface area contributed by atoms with Gasteiger partial charge < -0.3 is 10.7 Å². The van der Waals surface area contributed by atoms with Gasteiger partial charge in [0.15, 0.2) is 5.65 Å². The molecule has 2 heterocycles. The van der Waals surface area contributed by atoms with Crippen LogP contribution in [-0.2, 0) is 0 Å². The number of nitrogens with zero attached hydrogens (tertiary/aromatic N) is 3. The molecule has 5 nitrogen and oxygen atoms in total. The van der Waals surface area contributed by atoms with Crippen molar-refractivity contribution in [1.82, 2.24) is 19.9 Å². The Kier molecular flexibility index (Phi) is 2.57. The predicted octanol–water partition coefficient (Wildman–Crippen LogP) is 2.91. The third kappa shape index (κ3) is 1.68. The number of fused-ring (bicyclic) bond motifs is 1. The van der Waals surface area contributed by atoms with Gasteiger partial charge in [-0.15, -0.1) is 0 Å². The van der Waals surface area contributed by atoms with Gasteiger partial charge in [0.2, 0.25) is 5.95 Å². The fraction of sp³-hybridized carbons (Fsp3) is 0. The van der Waals surface area contributed by atoms with Crippen LogP contribution in [-0.4, -0.2) is 19.9 Å². The fourth-order valence-electron chi connectivity index (χ4n) is 1.73. The number of aromatic amines is 1. The van der Waals surface area contributed by atoms with Crippen LogP contribution in [0, 0.1) is 0 Å². The highest BCUT2D eigenvalue weighted by Crippen LogP contribution is 2.34. The highest BCUT2D eigenvalue weighted by atomic mass is 35.5. The molecule has 3 aromatic rings. The molecule has 7 heteroatoms. The summed E-state index contributed by atoms with van der Waals surface area (Å²) in [6, 6.07) is 5.32. The topological polar surface area (TPSA) is 80.5 Å². The van der Waals surface area contributed by atoms with Crippen molar-refractivity contribution in [2.75, 3.05) is 5.73 Å². The summed E-state index contributed by atoms with van der Waals surface area (Å²) in [7, 11) is 0. The summed E-state index contributed by atoms with van der Waals surface area (Å²) in [5.74, 6) is 0.139. The number of halogens is 2. The lowest BCUT2D eigenvalue weighted by molar-refractivity contribution is 1.22. The minimum absolute atomic E-state index is 0.139. The predicted molar refractivity (Wildman–Crippen MR) is 71.6 cm³/mol. The molecule has 0 aliphatic rings. The molecule has 90 valence electrons. The van der Waals surface area contributed by atoms with Crippen LogP contribution in [0.3, 0.4) is 0 Å². The average Bonchev–Trinajstić information content (AvgIpc) is 2.79. The van der Waals surface area contributed by atoms with Gasteiger partial charge in [-0.3, -0.25) is 0 Å². The molecule has 18 heavy (non-hydrogen) atoms. The van der Waals surface area contributed by atoms with Gasteiger partial charge in [-0.2, -0.15) is 4.98 Å². The van der Waals surface area contributed by atoms with Crippen LogP contribution in [0.1, 0.15) is 0 Å². The zero-order valence-corrected chi connectivity index (χ0v) is 10.5. The first-order valence-electron chi connectivity index (χ1n) is 5.08. The Hall–Kier alpha value is -1.85. The quantitative estimate of drug-likeness (QED) is 0.718. The van der Waals surface area contributed by atoms with Crippen LogP contribution in [0.15, 0.2) is 24.5 Å². The summed E-state index contributed by atoms with van der Waals surface area (Å²) < 4.78 is 0. The highest BCUT2D eigenvalue weighted by Gasteiger charge is 2.14. The molecule has 0 bridgehead atoms. The second-order valence-corrected chi connectivity index (χ2v) is 4.42. The van der Waals surface area contributed by atoms with Crippen molar-refractivity contribution in [3.63, 3.8) is 0 Å². The Bertz CT molecular complexity index is 737. The summed E-state index contributed by atoms with van der Waals surface area (Å²) in [6.07, 6.45) is 1.53. The molecular formula is C11H7Cl2N5. The van der Waals surface area contributed by atoms with E-state index in [4.69, 9.17) is 28.9 Å². The minimum atomic E-state index is 0.139. The van der Waals surface area contributed by atoms with E-state index in [1.165, 1.54) is 6.33 Å². The van der Waals surface area contributed by atoms with E-state index < -0.39 is 0 Å². The van der Waals surface area contributed by atoms with Crippen molar-refractivity contribution in [3.8, 4) is 11.3 Å². The lowest BCUT2D eigenvalue weighted by atomic mass is 10.1. The number of rotatable bonds is 1. The third-order valence-electron chi connectivity index (χ3n) is 2.51. The van der Waals surface area contributed by atoms with E-state index in [1.807, 2.05) is 6.07 Å². The number of benzene rings is 1. The highest BCUT2D eigenvalue weighted by molar-refractivity contribution is 6.43. The minimum Gasteiger partial charge on any atom is -0.368 e. The summed E-state index contributed by atoms with van der Waals surface area (Å²) in [5.41, 5.74) is 8.10. The molecule has 0 saturated carbocycles. The molecule has 2 aromatic heterocycles. The van der Waals surface area contributed by atoms with Gasteiger partial charge in [0.05, 0.1) is 16.4 Å². The van der Waals surface area contributed by atoms with Gasteiger partial charge in [-0.25, -0.2) is 9.97 Å². The Balaban J connectivity index is 2.37. The molecular weight excluding hydrogens is 273 g/mol. The summed E-state index contributed by atoms with van der Waals surface area (Å²) in [4.78, 5) is 15.2. The number of hydrogen-bond donors (Lipinski definition) is 2. The van der Waals surface area contributed by atoms with Crippen LogP contribution in [0.2, 0.25) is 10.0 Å². The number of anilines is 1. The van der Waals surface area contributed by atoms with E-state index in [-0.39, 0.29) is 5.95 Å². The molecule has 0 unspecified atom stereocenters. The number of H-pyrrole nitrogens is 1. The van der Waals surface area contributed by atoms with E-state index in [0.717, 1.165) is 0 Å². The number of hydrogen-bond acceptors (Lipinski definition) is 4. The van der Waals surface area contributed by atoms with Crippen molar-refractivity contribution < 1.29 is 0 Å². The third-order valence-corrected chi connectivity index (χ3v) is 3.33. The number of aromatic nitrogens is 4. The molecule has 3 rings (SSSR count). The normalized spacial score (nSPS) is 11.0.